The molecule has 0 saturated heterocycles. The second-order valence-corrected chi connectivity index (χ2v) is 6.20. The van der Waals surface area contributed by atoms with Crippen LogP contribution in [0.2, 0.25) is 0 Å². The Morgan fingerprint density at radius 3 is 2.48 bits per heavy atom. The summed E-state index contributed by atoms with van der Waals surface area (Å²) in [5.74, 6) is -0.359. The van der Waals surface area contributed by atoms with Gasteiger partial charge in [-0.05, 0) is 40.8 Å². The molecule has 23 heavy (non-hydrogen) atoms. The second kappa shape index (κ2) is 7.96. The maximum absolute atomic E-state index is 12.1. The van der Waals surface area contributed by atoms with E-state index in [-0.39, 0.29) is 30.7 Å². The van der Waals surface area contributed by atoms with Crippen LogP contribution < -0.4 is 5.32 Å². The molecule has 0 radical (unpaired) electrons. The van der Waals surface area contributed by atoms with E-state index >= 15 is 0 Å². The van der Waals surface area contributed by atoms with Crippen LogP contribution in [-0.2, 0) is 11.3 Å². The fraction of sp³-hybridized carbons (Fsp3) is 0.176. The first-order chi connectivity index (χ1) is 11.0. The molecule has 2 aromatic rings. The first-order valence-corrected chi connectivity index (χ1v) is 8.10. The van der Waals surface area contributed by atoms with E-state index in [4.69, 9.17) is 0 Å². The summed E-state index contributed by atoms with van der Waals surface area (Å²) in [6, 6.07) is 14.0. The van der Waals surface area contributed by atoms with E-state index < -0.39 is 0 Å². The third-order valence-electron chi connectivity index (χ3n) is 3.34. The molecule has 2 rings (SSSR count). The maximum Gasteiger partial charge on any atom is 0.252 e. The highest BCUT2D eigenvalue weighted by Gasteiger charge is 2.14. The molecule has 5 nitrogen and oxygen atoms in total. The zero-order chi connectivity index (χ0) is 16.8. The molecule has 0 aliphatic heterocycles. The largest absolute Gasteiger partial charge is 0.508 e. The molecule has 0 aliphatic rings. The van der Waals surface area contributed by atoms with Gasteiger partial charge < -0.3 is 15.3 Å². The number of likely N-dealkylation sites (N-methyl/N-ethyl adjacent to an activating group) is 1. The smallest absolute Gasteiger partial charge is 0.252 e. The highest BCUT2D eigenvalue weighted by molar-refractivity contribution is 14.1. The van der Waals surface area contributed by atoms with Crippen molar-refractivity contribution in [1.29, 1.82) is 0 Å². The number of rotatable bonds is 5. The molecule has 0 aliphatic carbocycles. The van der Waals surface area contributed by atoms with Gasteiger partial charge in [-0.25, -0.2) is 0 Å². The monoisotopic (exact) mass is 424 g/mol. The quantitative estimate of drug-likeness (QED) is 0.725. The van der Waals surface area contributed by atoms with Crippen LogP contribution in [0, 0.1) is 3.57 Å². The van der Waals surface area contributed by atoms with Gasteiger partial charge in [-0.15, -0.1) is 0 Å². The van der Waals surface area contributed by atoms with Crippen LogP contribution in [0.3, 0.4) is 0 Å². The Morgan fingerprint density at radius 1 is 1.13 bits per heavy atom. The number of hydrogen-bond donors (Lipinski definition) is 2. The summed E-state index contributed by atoms with van der Waals surface area (Å²) in [6.07, 6.45) is 0. The van der Waals surface area contributed by atoms with E-state index in [0.717, 1.165) is 3.57 Å². The minimum atomic E-state index is -0.278. The van der Waals surface area contributed by atoms with Gasteiger partial charge in [-0.1, -0.05) is 30.3 Å². The summed E-state index contributed by atoms with van der Waals surface area (Å²) in [5.41, 5.74) is 1.21. The molecule has 2 N–H and O–H groups in total. The number of phenols is 1. The van der Waals surface area contributed by atoms with Crippen LogP contribution in [0.25, 0.3) is 0 Å². The lowest BCUT2D eigenvalue weighted by Crippen LogP contribution is -2.38. The molecule has 6 heteroatoms. The van der Waals surface area contributed by atoms with Gasteiger partial charge in [0.05, 0.1) is 12.1 Å². The van der Waals surface area contributed by atoms with Crippen LogP contribution in [-0.4, -0.2) is 35.4 Å². The summed E-state index contributed by atoms with van der Waals surface area (Å²) >= 11 is 2.08. The molecule has 2 amide bonds. The van der Waals surface area contributed by atoms with Crippen LogP contribution in [0.1, 0.15) is 15.9 Å². The fourth-order valence-electron chi connectivity index (χ4n) is 2.02. The van der Waals surface area contributed by atoms with Crippen LogP contribution in [0.4, 0.5) is 0 Å². The molecule has 0 saturated carbocycles. The molecule has 0 spiro atoms. The van der Waals surface area contributed by atoms with E-state index in [1.54, 1.807) is 43.4 Å². The molecule has 0 fully saturated rings. The summed E-state index contributed by atoms with van der Waals surface area (Å²) in [5, 5.41) is 12.4. The van der Waals surface area contributed by atoms with Crippen molar-refractivity contribution in [3.8, 4) is 5.75 Å². The average Bonchev–Trinajstić information content (AvgIpc) is 2.54. The number of nitrogens with zero attached hydrogens (tertiary/aromatic N) is 1. The van der Waals surface area contributed by atoms with E-state index in [1.807, 2.05) is 12.1 Å². The average molecular weight is 424 g/mol. The number of para-hydroxylation sites is 1. The highest BCUT2D eigenvalue weighted by Crippen LogP contribution is 2.17. The Bertz CT molecular complexity index is 718. The predicted octanol–water partition coefficient (Wildman–Crippen LogP) is 2.39. The van der Waals surface area contributed by atoms with Crippen molar-refractivity contribution in [2.45, 2.75) is 6.54 Å². The normalized spacial score (nSPS) is 10.2. The first-order valence-electron chi connectivity index (χ1n) is 7.02. The van der Waals surface area contributed by atoms with Crippen LogP contribution >= 0.6 is 22.6 Å². The van der Waals surface area contributed by atoms with E-state index in [1.165, 1.54) is 4.90 Å². The van der Waals surface area contributed by atoms with Gasteiger partial charge in [-0.3, -0.25) is 9.59 Å². The fourth-order valence-corrected chi connectivity index (χ4v) is 2.65. The van der Waals surface area contributed by atoms with Crippen LogP contribution in [0.5, 0.6) is 5.75 Å². The Labute approximate surface area is 148 Å². The standard InChI is InChI=1S/C17H17IN2O3/c1-20(11-12-6-2-5-9-15(12)21)16(22)10-19-17(23)13-7-3-4-8-14(13)18/h2-9,21H,10-11H2,1H3,(H,19,23). The molecule has 0 aromatic heterocycles. The number of carbonyl (C=O) groups excluding carboxylic acids is 2. The second-order valence-electron chi connectivity index (χ2n) is 5.04. The lowest BCUT2D eigenvalue weighted by Gasteiger charge is -2.18. The summed E-state index contributed by atoms with van der Waals surface area (Å²) in [6.45, 7) is 0.193. The number of benzene rings is 2. The van der Waals surface area contributed by atoms with Crippen molar-refractivity contribution in [3.63, 3.8) is 0 Å². The zero-order valence-corrected chi connectivity index (χ0v) is 14.8. The van der Waals surface area contributed by atoms with Gasteiger partial charge in [0.2, 0.25) is 5.91 Å². The molecule has 0 bridgehead atoms. The Kier molecular flexibility index (Phi) is 5.97. The summed E-state index contributed by atoms with van der Waals surface area (Å²) in [7, 11) is 1.63. The van der Waals surface area contributed by atoms with E-state index in [0.29, 0.717) is 11.1 Å². The maximum atomic E-state index is 12.1. The van der Waals surface area contributed by atoms with Crippen molar-refractivity contribution in [2.75, 3.05) is 13.6 Å². The van der Waals surface area contributed by atoms with Crippen molar-refractivity contribution >= 4 is 34.4 Å². The third kappa shape index (κ3) is 4.69. The number of phenolic OH excluding ortho intramolecular Hbond substituents is 1. The van der Waals surface area contributed by atoms with E-state index in [2.05, 4.69) is 27.9 Å². The van der Waals surface area contributed by atoms with Gasteiger partial charge in [-0.2, -0.15) is 0 Å². The summed E-state index contributed by atoms with van der Waals surface area (Å²) < 4.78 is 0.831. The van der Waals surface area contributed by atoms with Gasteiger partial charge in [0, 0.05) is 22.7 Å². The van der Waals surface area contributed by atoms with Crippen molar-refractivity contribution in [1.82, 2.24) is 10.2 Å². The number of nitrogens with one attached hydrogen (secondary N) is 1. The van der Waals surface area contributed by atoms with Crippen molar-refractivity contribution in [3.05, 3.63) is 63.2 Å². The lowest BCUT2D eigenvalue weighted by atomic mass is 10.2. The molecular formula is C17H17IN2O3. The van der Waals surface area contributed by atoms with Gasteiger partial charge in [0.15, 0.2) is 0 Å². The Morgan fingerprint density at radius 2 is 1.78 bits per heavy atom. The Balaban J connectivity index is 1.91. The SMILES string of the molecule is CN(Cc1ccccc1O)C(=O)CNC(=O)c1ccccc1I. The van der Waals surface area contributed by atoms with Gasteiger partial charge in [0.25, 0.3) is 5.91 Å². The zero-order valence-electron chi connectivity index (χ0n) is 12.6. The van der Waals surface area contributed by atoms with Crippen molar-refractivity contribution in [2.24, 2.45) is 0 Å². The summed E-state index contributed by atoms with van der Waals surface area (Å²) in [4.78, 5) is 25.6. The van der Waals surface area contributed by atoms with Gasteiger partial charge >= 0.3 is 0 Å². The van der Waals surface area contributed by atoms with Gasteiger partial charge in [0.1, 0.15) is 5.75 Å². The predicted molar refractivity (Wildman–Crippen MR) is 96.1 cm³/mol. The molecule has 0 heterocycles. The molecule has 120 valence electrons. The molecule has 0 unspecified atom stereocenters. The molecule has 2 aromatic carbocycles. The Hall–Kier alpha value is -2.09. The van der Waals surface area contributed by atoms with Crippen molar-refractivity contribution < 1.29 is 14.7 Å². The number of carbonyl (C=O) groups is 2. The molecular weight excluding hydrogens is 407 g/mol. The topological polar surface area (TPSA) is 69.6 Å². The number of aromatic hydroxyl groups is 1. The molecule has 0 atom stereocenters. The minimum absolute atomic E-state index is 0.0894. The van der Waals surface area contributed by atoms with E-state index in [9.17, 15) is 14.7 Å². The first kappa shape index (κ1) is 17.3. The number of amides is 2. The minimum Gasteiger partial charge on any atom is -0.508 e. The third-order valence-corrected chi connectivity index (χ3v) is 4.28. The number of halogens is 1. The van der Waals surface area contributed by atoms with Crippen LogP contribution in [0.15, 0.2) is 48.5 Å². The lowest BCUT2D eigenvalue weighted by molar-refractivity contribution is -0.129. The number of hydrogen-bond acceptors (Lipinski definition) is 3. The highest BCUT2D eigenvalue weighted by atomic mass is 127.